The standard InChI is InChI=1S/C11H12ClN3S/c1-2-9(11-14-5-6-16-11)15-8-3-4-13-10(12)7-8/h3-7,9H,2H2,1H3,(H,13,15). The minimum Gasteiger partial charge on any atom is -0.376 e. The summed E-state index contributed by atoms with van der Waals surface area (Å²) in [7, 11) is 0. The fraction of sp³-hybridized carbons (Fsp3) is 0.273. The normalized spacial score (nSPS) is 12.4. The summed E-state index contributed by atoms with van der Waals surface area (Å²) in [5.41, 5.74) is 0.974. The van der Waals surface area contributed by atoms with Gasteiger partial charge in [-0.1, -0.05) is 18.5 Å². The average Bonchev–Trinajstić information content (AvgIpc) is 2.79. The summed E-state index contributed by atoms with van der Waals surface area (Å²) in [4.78, 5) is 8.26. The lowest BCUT2D eigenvalue weighted by molar-refractivity contribution is 0.742. The van der Waals surface area contributed by atoms with E-state index >= 15 is 0 Å². The molecule has 0 radical (unpaired) electrons. The highest BCUT2D eigenvalue weighted by Crippen LogP contribution is 2.24. The van der Waals surface area contributed by atoms with Gasteiger partial charge >= 0.3 is 0 Å². The van der Waals surface area contributed by atoms with Gasteiger partial charge in [-0.2, -0.15) is 0 Å². The van der Waals surface area contributed by atoms with E-state index in [1.807, 2.05) is 23.7 Å². The topological polar surface area (TPSA) is 37.8 Å². The van der Waals surface area contributed by atoms with Crippen LogP contribution in [0.1, 0.15) is 24.4 Å². The van der Waals surface area contributed by atoms with Gasteiger partial charge < -0.3 is 5.32 Å². The molecule has 5 heteroatoms. The van der Waals surface area contributed by atoms with Gasteiger partial charge in [-0.25, -0.2) is 9.97 Å². The number of nitrogens with zero attached hydrogens (tertiary/aromatic N) is 2. The SMILES string of the molecule is CCC(Nc1ccnc(Cl)c1)c1nccs1. The Morgan fingerprint density at radius 3 is 2.94 bits per heavy atom. The number of rotatable bonds is 4. The summed E-state index contributed by atoms with van der Waals surface area (Å²) in [6.45, 7) is 2.13. The Hall–Kier alpha value is -1.13. The van der Waals surface area contributed by atoms with E-state index in [9.17, 15) is 0 Å². The van der Waals surface area contributed by atoms with Crippen LogP contribution in [0.25, 0.3) is 0 Å². The fourth-order valence-electron chi connectivity index (χ4n) is 1.44. The van der Waals surface area contributed by atoms with Crippen molar-refractivity contribution >= 4 is 28.6 Å². The van der Waals surface area contributed by atoms with Crippen LogP contribution in [-0.4, -0.2) is 9.97 Å². The number of pyridine rings is 1. The van der Waals surface area contributed by atoms with Gasteiger partial charge in [-0.05, 0) is 18.6 Å². The molecule has 0 aromatic carbocycles. The summed E-state index contributed by atoms with van der Waals surface area (Å²) in [6, 6.07) is 3.96. The molecular formula is C11H12ClN3S. The Kier molecular flexibility index (Phi) is 3.74. The predicted molar refractivity (Wildman–Crippen MR) is 68.0 cm³/mol. The van der Waals surface area contributed by atoms with Crippen LogP contribution in [0.15, 0.2) is 29.9 Å². The first kappa shape index (κ1) is 11.4. The van der Waals surface area contributed by atoms with E-state index < -0.39 is 0 Å². The number of thiazole rings is 1. The second-order valence-electron chi connectivity index (χ2n) is 3.34. The molecule has 2 aromatic rings. The van der Waals surface area contributed by atoms with E-state index in [-0.39, 0.29) is 6.04 Å². The molecule has 0 fully saturated rings. The molecule has 0 aliphatic rings. The lowest BCUT2D eigenvalue weighted by atomic mass is 10.2. The summed E-state index contributed by atoms with van der Waals surface area (Å²) in [5.74, 6) is 0. The molecule has 0 amide bonds. The van der Waals surface area contributed by atoms with E-state index in [1.54, 1.807) is 17.5 Å². The third-order valence-electron chi connectivity index (χ3n) is 2.23. The second-order valence-corrected chi connectivity index (χ2v) is 4.66. The molecule has 2 rings (SSSR count). The predicted octanol–water partition coefficient (Wildman–Crippen LogP) is 3.75. The maximum Gasteiger partial charge on any atom is 0.131 e. The van der Waals surface area contributed by atoms with Crippen molar-refractivity contribution in [3.8, 4) is 0 Å². The number of anilines is 1. The van der Waals surface area contributed by atoms with Gasteiger partial charge in [0.05, 0.1) is 6.04 Å². The van der Waals surface area contributed by atoms with E-state index in [2.05, 4.69) is 22.2 Å². The molecule has 1 atom stereocenters. The molecule has 0 aliphatic heterocycles. The summed E-state index contributed by atoms with van der Waals surface area (Å²) < 4.78 is 0. The summed E-state index contributed by atoms with van der Waals surface area (Å²) >= 11 is 7.49. The maximum atomic E-state index is 5.83. The van der Waals surface area contributed by atoms with Gasteiger partial charge in [-0.3, -0.25) is 0 Å². The van der Waals surface area contributed by atoms with Crippen LogP contribution in [0.2, 0.25) is 5.15 Å². The Morgan fingerprint density at radius 2 is 2.31 bits per heavy atom. The van der Waals surface area contributed by atoms with Crippen LogP contribution in [0.3, 0.4) is 0 Å². The zero-order valence-corrected chi connectivity index (χ0v) is 10.4. The first-order chi connectivity index (χ1) is 7.79. The van der Waals surface area contributed by atoms with Crippen molar-refractivity contribution < 1.29 is 0 Å². The molecule has 2 aromatic heterocycles. The maximum absolute atomic E-state index is 5.83. The van der Waals surface area contributed by atoms with Gasteiger partial charge in [0.25, 0.3) is 0 Å². The molecule has 2 heterocycles. The summed E-state index contributed by atoms with van der Waals surface area (Å²) in [6.07, 6.45) is 4.50. The monoisotopic (exact) mass is 253 g/mol. The van der Waals surface area contributed by atoms with Gasteiger partial charge in [0.1, 0.15) is 10.2 Å². The third-order valence-corrected chi connectivity index (χ3v) is 3.32. The van der Waals surface area contributed by atoms with Crippen molar-refractivity contribution in [3.05, 3.63) is 40.1 Å². The van der Waals surface area contributed by atoms with Crippen molar-refractivity contribution in [1.82, 2.24) is 9.97 Å². The number of halogens is 1. The third kappa shape index (κ3) is 2.71. The molecular weight excluding hydrogens is 242 g/mol. The smallest absolute Gasteiger partial charge is 0.131 e. The summed E-state index contributed by atoms with van der Waals surface area (Å²) in [5, 5.41) is 6.97. The van der Waals surface area contributed by atoms with E-state index in [4.69, 9.17) is 11.6 Å². The van der Waals surface area contributed by atoms with Crippen molar-refractivity contribution in [2.45, 2.75) is 19.4 Å². The Balaban J connectivity index is 2.13. The molecule has 16 heavy (non-hydrogen) atoms. The highest BCUT2D eigenvalue weighted by atomic mass is 35.5. The van der Waals surface area contributed by atoms with Crippen LogP contribution in [0.4, 0.5) is 5.69 Å². The van der Waals surface area contributed by atoms with Crippen molar-refractivity contribution in [2.24, 2.45) is 0 Å². The highest BCUT2D eigenvalue weighted by Gasteiger charge is 2.11. The molecule has 84 valence electrons. The van der Waals surface area contributed by atoms with Crippen LogP contribution >= 0.6 is 22.9 Å². The molecule has 0 saturated heterocycles. The number of hydrogen-bond donors (Lipinski definition) is 1. The fourth-order valence-corrected chi connectivity index (χ4v) is 2.39. The molecule has 0 saturated carbocycles. The average molecular weight is 254 g/mol. The highest BCUT2D eigenvalue weighted by molar-refractivity contribution is 7.09. The minimum absolute atomic E-state index is 0.235. The molecule has 1 unspecified atom stereocenters. The Morgan fingerprint density at radius 1 is 1.44 bits per heavy atom. The van der Waals surface area contributed by atoms with Crippen molar-refractivity contribution in [3.63, 3.8) is 0 Å². The van der Waals surface area contributed by atoms with Crippen LogP contribution < -0.4 is 5.32 Å². The van der Waals surface area contributed by atoms with Gasteiger partial charge in [-0.15, -0.1) is 11.3 Å². The van der Waals surface area contributed by atoms with Gasteiger partial charge in [0.15, 0.2) is 0 Å². The van der Waals surface area contributed by atoms with Crippen molar-refractivity contribution in [1.29, 1.82) is 0 Å². The molecule has 0 bridgehead atoms. The Labute approximate surface area is 104 Å². The zero-order valence-electron chi connectivity index (χ0n) is 8.85. The van der Waals surface area contributed by atoms with Crippen molar-refractivity contribution in [2.75, 3.05) is 5.32 Å². The lowest BCUT2D eigenvalue weighted by Crippen LogP contribution is -2.09. The van der Waals surface area contributed by atoms with E-state index in [0.29, 0.717) is 5.15 Å². The first-order valence-corrected chi connectivity index (χ1v) is 6.33. The quantitative estimate of drug-likeness (QED) is 0.844. The molecule has 1 N–H and O–H groups in total. The second kappa shape index (κ2) is 5.27. The molecule has 0 aliphatic carbocycles. The molecule has 3 nitrogen and oxygen atoms in total. The number of hydrogen-bond acceptors (Lipinski definition) is 4. The largest absolute Gasteiger partial charge is 0.376 e. The number of aromatic nitrogens is 2. The van der Waals surface area contributed by atoms with Gasteiger partial charge in [0, 0.05) is 23.5 Å². The van der Waals surface area contributed by atoms with E-state index in [1.165, 1.54) is 0 Å². The van der Waals surface area contributed by atoms with Crippen LogP contribution in [0, 0.1) is 0 Å². The Bertz CT molecular complexity index is 444. The molecule has 0 spiro atoms. The van der Waals surface area contributed by atoms with Crippen LogP contribution in [0.5, 0.6) is 0 Å². The zero-order chi connectivity index (χ0) is 11.4. The minimum atomic E-state index is 0.235. The van der Waals surface area contributed by atoms with Gasteiger partial charge in [0.2, 0.25) is 0 Å². The van der Waals surface area contributed by atoms with Crippen LogP contribution in [-0.2, 0) is 0 Å². The number of nitrogens with one attached hydrogen (secondary N) is 1. The first-order valence-electron chi connectivity index (χ1n) is 5.07. The lowest BCUT2D eigenvalue weighted by Gasteiger charge is -2.15. The van der Waals surface area contributed by atoms with E-state index in [0.717, 1.165) is 17.1 Å².